The summed E-state index contributed by atoms with van der Waals surface area (Å²) in [5, 5.41) is 10.6. The molecule has 0 saturated carbocycles. The number of carbonyl (C=O) groups is 1. The second-order valence-corrected chi connectivity index (χ2v) is 5.59. The normalized spacial score (nSPS) is 11.2. The number of nitrogens with one attached hydrogen (secondary N) is 1. The second-order valence-electron chi connectivity index (χ2n) is 4.65. The Hall–Kier alpha value is -2.69. The minimum absolute atomic E-state index is 0.0239. The lowest BCUT2D eigenvalue weighted by Crippen LogP contribution is -2.17. The minimum atomic E-state index is -4.76. The zero-order valence-electron chi connectivity index (χ0n) is 12.8. The van der Waals surface area contributed by atoms with Crippen molar-refractivity contribution in [2.45, 2.75) is 18.1 Å². The Kier molecular flexibility index (Phi) is 5.91. The van der Waals surface area contributed by atoms with Gasteiger partial charge in [-0.2, -0.15) is 0 Å². The van der Waals surface area contributed by atoms with Gasteiger partial charge in [-0.1, -0.05) is 17.8 Å². The van der Waals surface area contributed by atoms with Gasteiger partial charge in [0.2, 0.25) is 11.9 Å². The van der Waals surface area contributed by atoms with Gasteiger partial charge in [0.25, 0.3) is 0 Å². The standard InChI is InChI=1S/C14H14F3N5O2S/c1-2-7-22-12(18)20-21-13(22)25-8-11(23)19-9-3-5-10(6-4-9)24-14(15,16)17/h2-6H,1,7-8H2,(H2,18,20)(H,19,23). The number of ether oxygens (including phenoxy) is 1. The van der Waals surface area contributed by atoms with Crippen LogP contribution in [0.1, 0.15) is 0 Å². The quantitative estimate of drug-likeness (QED) is 0.572. The highest BCUT2D eigenvalue weighted by atomic mass is 32.2. The van der Waals surface area contributed by atoms with Crippen LogP contribution in [0.3, 0.4) is 0 Å². The predicted molar refractivity (Wildman–Crippen MR) is 87.1 cm³/mol. The van der Waals surface area contributed by atoms with Crippen molar-refractivity contribution in [2.75, 3.05) is 16.8 Å². The van der Waals surface area contributed by atoms with Crippen molar-refractivity contribution in [2.24, 2.45) is 0 Å². The molecule has 0 aliphatic heterocycles. The first kappa shape index (κ1) is 18.6. The van der Waals surface area contributed by atoms with Gasteiger partial charge in [-0.25, -0.2) is 0 Å². The highest BCUT2D eigenvalue weighted by molar-refractivity contribution is 7.99. The molecule has 1 heterocycles. The monoisotopic (exact) mass is 373 g/mol. The van der Waals surface area contributed by atoms with Gasteiger partial charge >= 0.3 is 6.36 Å². The maximum absolute atomic E-state index is 12.1. The summed E-state index contributed by atoms with van der Waals surface area (Å²) in [5.74, 6) is -0.493. The Balaban J connectivity index is 1.89. The first-order valence-corrected chi connectivity index (χ1v) is 7.85. The summed E-state index contributed by atoms with van der Waals surface area (Å²) < 4.78 is 41.6. The largest absolute Gasteiger partial charge is 0.573 e. The number of hydrogen-bond donors (Lipinski definition) is 2. The predicted octanol–water partition coefficient (Wildman–Crippen LogP) is 2.68. The summed E-state index contributed by atoms with van der Waals surface area (Å²) in [4.78, 5) is 11.9. The van der Waals surface area contributed by atoms with Crippen molar-refractivity contribution < 1.29 is 22.7 Å². The van der Waals surface area contributed by atoms with Crippen LogP contribution in [0.15, 0.2) is 42.1 Å². The number of anilines is 2. The Morgan fingerprint density at radius 2 is 2.04 bits per heavy atom. The van der Waals surface area contributed by atoms with Crippen LogP contribution < -0.4 is 15.8 Å². The molecule has 1 amide bonds. The molecule has 0 bridgehead atoms. The van der Waals surface area contributed by atoms with E-state index in [1.807, 2.05) is 0 Å². The maximum atomic E-state index is 12.1. The SMILES string of the molecule is C=CCn1c(N)nnc1SCC(=O)Nc1ccc(OC(F)(F)F)cc1. The molecular weight excluding hydrogens is 359 g/mol. The van der Waals surface area contributed by atoms with Gasteiger partial charge in [0.1, 0.15) is 5.75 Å². The van der Waals surface area contributed by atoms with Gasteiger partial charge in [0, 0.05) is 12.2 Å². The average Bonchev–Trinajstić information content (AvgIpc) is 2.87. The third-order valence-electron chi connectivity index (χ3n) is 2.76. The summed E-state index contributed by atoms with van der Waals surface area (Å²) in [7, 11) is 0. The molecule has 0 unspecified atom stereocenters. The second kappa shape index (κ2) is 7.92. The van der Waals surface area contributed by atoms with Gasteiger partial charge in [-0.05, 0) is 24.3 Å². The van der Waals surface area contributed by atoms with E-state index in [2.05, 4.69) is 26.8 Å². The lowest BCUT2D eigenvalue weighted by atomic mass is 10.3. The van der Waals surface area contributed by atoms with E-state index in [1.165, 1.54) is 12.1 Å². The van der Waals surface area contributed by atoms with Crippen molar-refractivity contribution in [3.63, 3.8) is 0 Å². The van der Waals surface area contributed by atoms with E-state index in [4.69, 9.17) is 5.73 Å². The molecule has 0 fully saturated rings. The molecule has 11 heteroatoms. The number of amides is 1. The topological polar surface area (TPSA) is 95.1 Å². The van der Waals surface area contributed by atoms with Crippen LogP contribution in [0, 0.1) is 0 Å². The Morgan fingerprint density at radius 1 is 1.36 bits per heavy atom. The number of carbonyl (C=O) groups excluding carboxylic acids is 1. The Morgan fingerprint density at radius 3 is 2.64 bits per heavy atom. The fourth-order valence-corrected chi connectivity index (χ4v) is 2.53. The van der Waals surface area contributed by atoms with E-state index < -0.39 is 6.36 Å². The van der Waals surface area contributed by atoms with Crippen LogP contribution >= 0.6 is 11.8 Å². The van der Waals surface area contributed by atoms with E-state index in [0.29, 0.717) is 17.4 Å². The number of nitrogens with zero attached hydrogens (tertiary/aromatic N) is 3. The summed E-state index contributed by atoms with van der Waals surface area (Å²) >= 11 is 1.12. The van der Waals surface area contributed by atoms with E-state index in [0.717, 1.165) is 23.9 Å². The molecule has 2 rings (SSSR count). The van der Waals surface area contributed by atoms with Crippen LogP contribution in [-0.4, -0.2) is 32.8 Å². The molecule has 2 aromatic rings. The van der Waals surface area contributed by atoms with E-state index in [-0.39, 0.29) is 23.4 Å². The van der Waals surface area contributed by atoms with E-state index in [1.54, 1.807) is 10.6 Å². The van der Waals surface area contributed by atoms with Gasteiger partial charge < -0.3 is 15.8 Å². The number of rotatable bonds is 7. The van der Waals surface area contributed by atoms with E-state index >= 15 is 0 Å². The van der Waals surface area contributed by atoms with Crippen LogP contribution in [-0.2, 0) is 11.3 Å². The zero-order valence-corrected chi connectivity index (χ0v) is 13.6. The molecule has 1 aromatic heterocycles. The lowest BCUT2D eigenvalue weighted by molar-refractivity contribution is -0.274. The number of thioether (sulfide) groups is 1. The number of nitrogen functional groups attached to an aromatic ring is 1. The maximum Gasteiger partial charge on any atom is 0.573 e. The number of nitrogens with two attached hydrogens (primary N) is 1. The van der Waals surface area contributed by atoms with Crippen LogP contribution in [0.5, 0.6) is 5.75 Å². The van der Waals surface area contributed by atoms with Gasteiger partial charge in [0.05, 0.1) is 5.75 Å². The molecular formula is C14H14F3N5O2S. The van der Waals surface area contributed by atoms with Crippen LogP contribution in [0.2, 0.25) is 0 Å². The summed E-state index contributed by atoms with van der Waals surface area (Å²) in [6.45, 7) is 4.00. The number of allylic oxidation sites excluding steroid dienone is 1. The molecule has 0 atom stereocenters. The molecule has 0 aliphatic rings. The fourth-order valence-electron chi connectivity index (χ4n) is 1.77. The fraction of sp³-hybridized carbons (Fsp3) is 0.214. The summed E-state index contributed by atoms with van der Waals surface area (Å²) in [6.07, 6.45) is -3.14. The van der Waals surface area contributed by atoms with Crippen molar-refractivity contribution in [1.29, 1.82) is 0 Å². The number of benzene rings is 1. The molecule has 3 N–H and O–H groups in total. The molecule has 0 spiro atoms. The van der Waals surface area contributed by atoms with Crippen molar-refractivity contribution in [1.82, 2.24) is 14.8 Å². The minimum Gasteiger partial charge on any atom is -0.406 e. The number of halogens is 3. The molecule has 0 saturated heterocycles. The first-order valence-electron chi connectivity index (χ1n) is 6.86. The lowest BCUT2D eigenvalue weighted by Gasteiger charge is -2.10. The molecule has 1 aromatic carbocycles. The van der Waals surface area contributed by atoms with Crippen molar-refractivity contribution >= 4 is 29.3 Å². The summed E-state index contributed by atoms with van der Waals surface area (Å²) in [6, 6.07) is 4.83. The van der Waals surface area contributed by atoms with Gasteiger partial charge in [0.15, 0.2) is 5.16 Å². The molecule has 134 valence electrons. The van der Waals surface area contributed by atoms with Gasteiger partial charge in [-0.15, -0.1) is 29.9 Å². The van der Waals surface area contributed by atoms with Crippen LogP contribution in [0.25, 0.3) is 0 Å². The summed E-state index contributed by atoms with van der Waals surface area (Å²) in [5.41, 5.74) is 5.99. The molecule has 25 heavy (non-hydrogen) atoms. The zero-order chi connectivity index (χ0) is 18.4. The number of alkyl halides is 3. The first-order chi connectivity index (χ1) is 11.8. The molecule has 7 nitrogen and oxygen atoms in total. The number of hydrogen-bond acceptors (Lipinski definition) is 6. The van der Waals surface area contributed by atoms with E-state index in [9.17, 15) is 18.0 Å². The number of aromatic nitrogens is 3. The van der Waals surface area contributed by atoms with Crippen LogP contribution in [0.4, 0.5) is 24.8 Å². The third kappa shape index (κ3) is 5.71. The van der Waals surface area contributed by atoms with Crippen molar-refractivity contribution in [3.8, 4) is 5.75 Å². The highest BCUT2D eigenvalue weighted by Crippen LogP contribution is 2.24. The highest BCUT2D eigenvalue weighted by Gasteiger charge is 2.30. The Bertz CT molecular complexity index is 746. The third-order valence-corrected chi connectivity index (χ3v) is 3.73. The smallest absolute Gasteiger partial charge is 0.406 e. The molecule has 0 radical (unpaired) electrons. The average molecular weight is 373 g/mol. The Labute approximate surface area is 145 Å². The molecule has 0 aliphatic carbocycles. The van der Waals surface area contributed by atoms with Crippen molar-refractivity contribution in [3.05, 3.63) is 36.9 Å². The van der Waals surface area contributed by atoms with Gasteiger partial charge in [-0.3, -0.25) is 9.36 Å².